The number of carbonyl (C=O) groups is 1. The van der Waals surface area contributed by atoms with Crippen LogP contribution in [0.2, 0.25) is 0 Å². The second kappa shape index (κ2) is 5.83. The van der Waals surface area contributed by atoms with Gasteiger partial charge in [-0.15, -0.1) is 0 Å². The van der Waals surface area contributed by atoms with Crippen molar-refractivity contribution in [2.45, 2.75) is 5.37 Å². The van der Waals surface area contributed by atoms with Crippen molar-refractivity contribution in [1.29, 1.82) is 0 Å². The van der Waals surface area contributed by atoms with E-state index in [1.165, 1.54) is 28.8 Å². The molecule has 1 aliphatic heterocycles. The van der Waals surface area contributed by atoms with Gasteiger partial charge in [0.15, 0.2) is 5.37 Å². The van der Waals surface area contributed by atoms with Gasteiger partial charge in [-0.2, -0.15) is 0 Å². The zero-order valence-corrected chi connectivity index (χ0v) is 12.5. The highest BCUT2D eigenvalue weighted by molar-refractivity contribution is 8.25. The molecule has 1 saturated heterocycles. The maximum Gasteiger partial charge on any atom is 0.266 e. The molecular formula is C15H11FN2OS2. The number of thioether (sulfide) groups is 1. The van der Waals surface area contributed by atoms with E-state index in [9.17, 15) is 9.18 Å². The second-order valence-electron chi connectivity index (χ2n) is 4.42. The molecule has 1 N–H and O–H groups in total. The number of benzene rings is 2. The van der Waals surface area contributed by atoms with Crippen molar-refractivity contribution in [1.82, 2.24) is 0 Å². The second-order valence-corrected chi connectivity index (χ2v) is 6.16. The number of hydrogen-bond donors (Lipinski definition) is 1. The van der Waals surface area contributed by atoms with Crippen LogP contribution in [0.4, 0.5) is 15.8 Å². The van der Waals surface area contributed by atoms with Crippen LogP contribution in [-0.2, 0) is 4.79 Å². The van der Waals surface area contributed by atoms with Crippen LogP contribution in [0.1, 0.15) is 0 Å². The third kappa shape index (κ3) is 2.91. The first-order valence-corrected chi connectivity index (χ1v) is 7.56. The Kier molecular flexibility index (Phi) is 3.90. The van der Waals surface area contributed by atoms with Crippen molar-refractivity contribution >= 4 is 45.6 Å². The molecule has 0 unspecified atom stereocenters. The first-order valence-electron chi connectivity index (χ1n) is 6.27. The van der Waals surface area contributed by atoms with Gasteiger partial charge in [0, 0.05) is 5.69 Å². The fraction of sp³-hybridized carbons (Fsp3) is 0.0667. The van der Waals surface area contributed by atoms with Gasteiger partial charge in [0.05, 0.1) is 5.69 Å². The van der Waals surface area contributed by atoms with Gasteiger partial charge in [-0.05, 0) is 36.4 Å². The van der Waals surface area contributed by atoms with Crippen LogP contribution in [0.5, 0.6) is 0 Å². The highest BCUT2D eigenvalue weighted by Gasteiger charge is 2.37. The van der Waals surface area contributed by atoms with Crippen LogP contribution in [0.3, 0.4) is 0 Å². The summed E-state index contributed by atoms with van der Waals surface area (Å²) in [6.07, 6.45) is 0. The Morgan fingerprint density at radius 3 is 2.43 bits per heavy atom. The summed E-state index contributed by atoms with van der Waals surface area (Å²) in [5, 5.41) is 2.57. The van der Waals surface area contributed by atoms with E-state index in [1.807, 2.05) is 30.3 Å². The Bertz CT molecular complexity index is 676. The van der Waals surface area contributed by atoms with Gasteiger partial charge >= 0.3 is 0 Å². The Labute approximate surface area is 131 Å². The molecular weight excluding hydrogens is 307 g/mol. The van der Waals surface area contributed by atoms with E-state index in [0.717, 1.165) is 5.69 Å². The number of anilines is 2. The van der Waals surface area contributed by atoms with Gasteiger partial charge in [0.1, 0.15) is 10.1 Å². The number of halogens is 1. The number of para-hydroxylation sites is 1. The van der Waals surface area contributed by atoms with Crippen LogP contribution >= 0.6 is 24.0 Å². The van der Waals surface area contributed by atoms with Crippen molar-refractivity contribution in [2.24, 2.45) is 0 Å². The summed E-state index contributed by atoms with van der Waals surface area (Å²) < 4.78 is 13.4. The van der Waals surface area contributed by atoms with Crippen LogP contribution in [0.25, 0.3) is 0 Å². The molecule has 3 rings (SSSR count). The van der Waals surface area contributed by atoms with Crippen LogP contribution in [-0.4, -0.2) is 15.6 Å². The van der Waals surface area contributed by atoms with E-state index in [2.05, 4.69) is 5.32 Å². The molecule has 2 aromatic carbocycles. The monoisotopic (exact) mass is 318 g/mol. The predicted octanol–water partition coefficient (Wildman–Crippen LogP) is 3.63. The molecule has 106 valence electrons. The van der Waals surface area contributed by atoms with Crippen molar-refractivity contribution in [3.8, 4) is 0 Å². The third-order valence-corrected chi connectivity index (χ3v) is 4.41. The lowest BCUT2D eigenvalue weighted by atomic mass is 10.3. The van der Waals surface area contributed by atoms with Gasteiger partial charge < -0.3 is 5.32 Å². The molecule has 0 bridgehead atoms. The van der Waals surface area contributed by atoms with E-state index in [4.69, 9.17) is 12.2 Å². The van der Waals surface area contributed by atoms with Crippen molar-refractivity contribution in [3.05, 3.63) is 60.4 Å². The Hall–Kier alpha value is -1.92. The standard InChI is InChI=1S/C15H11FN2OS2/c16-10-6-8-11(9-7-10)17-13-14(19)18(15(20)21-13)12-4-2-1-3-5-12/h1-9,13,17H/t13-/m0/s1. The Morgan fingerprint density at radius 2 is 1.76 bits per heavy atom. The molecule has 3 nitrogen and oxygen atoms in total. The molecule has 1 atom stereocenters. The molecule has 0 aromatic heterocycles. The SMILES string of the molecule is O=C1[C@@H](Nc2ccc(F)cc2)SC(=S)N1c1ccccc1. The van der Waals surface area contributed by atoms with Crippen LogP contribution < -0.4 is 10.2 Å². The number of rotatable bonds is 3. The summed E-state index contributed by atoms with van der Waals surface area (Å²) in [6, 6.07) is 15.2. The minimum atomic E-state index is -0.497. The van der Waals surface area contributed by atoms with Gasteiger partial charge in [0.2, 0.25) is 0 Å². The van der Waals surface area contributed by atoms with Crippen molar-refractivity contribution in [2.75, 3.05) is 10.2 Å². The highest BCUT2D eigenvalue weighted by atomic mass is 32.2. The van der Waals surface area contributed by atoms with Crippen LogP contribution in [0, 0.1) is 5.82 Å². The molecule has 1 heterocycles. The fourth-order valence-electron chi connectivity index (χ4n) is 2.01. The number of nitrogens with zero attached hydrogens (tertiary/aromatic N) is 1. The van der Waals surface area contributed by atoms with Gasteiger partial charge in [0.25, 0.3) is 5.91 Å². The number of hydrogen-bond acceptors (Lipinski definition) is 4. The minimum Gasteiger partial charge on any atom is -0.365 e. The number of nitrogens with one attached hydrogen (secondary N) is 1. The van der Waals surface area contributed by atoms with Crippen molar-refractivity contribution < 1.29 is 9.18 Å². The summed E-state index contributed by atoms with van der Waals surface area (Å²) in [6.45, 7) is 0. The lowest BCUT2D eigenvalue weighted by Crippen LogP contribution is -2.34. The quantitative estimate of drug-likeness (QED) is 0.876. The average Bonchev–Trinajstić information content (AvgIpc) is 2.77. The molecule has 2 aromatic rings. The van der Waals surface area contributed by atoms with Gasteiger partial charge in [-0.3, -0.25) is 9.69 Å². The zero-order valence-electron chi connectivity index (χ0n) is 10.8. The lowest BCUT2D eigenvalue weighted by Gasteiger charge is -2.16. The predicted molar refractivity (Wildman–Crippen MR) is 87.9 cm³/mol. The molecule has 0 aliphatic carbocycles. The summed E-state index contributed by atoms with van der Waals surface area (Å²) in [5.41, 5.74) is 1.43. The van der Waals surface area contributed by atoms with Crippen molar-refractivity contribution in [3.63, 3.8) is 0 Å². The third-order valence-electron chi connectivity index (χ3n) is 3.00. The average molecular weight is 318 g/mol. The largest absolute Gasteiger partial charge is 0.365 e. The fourth-order valence-corrected chi connectivity index (χ4v) is 3.40. The molecule has 6 heteroatoms. The zero-order chi connectivity index (χ0) is 14.8. The van der Waals surface area contributed by atoms with E-state index >= 15 is 0 Å². The molecule has 1 fully saturated rings. The van der Waals surface area contributed by atoms with E-state index in [-0.39, 0.29) is 11.7 Å². The smallest absolute Gasteiger partial charge is 0.266 e. The molecule has 0 radical (unpaired) electrons. The normalized spacial score (nSPS) is 18.1. The van der Waals surface area contributed by atoms with E-state index in [1.54, 1.807) is 12.1 Å². The number of amides is 1. The maximum absolute atomic E-state index is 12.9. The molecule has 0 spiro atoms. The van der Waals surface area contributed by atoms with E-state index < -0.39 is 5.37 Å². The van der Waals surface area contributed by atoms with Crippen LogP contribution in [0.15, 0.2) is 54.6 Å². The molecule has 0 saturated carbocycles. The first kappa shape index (κ1) is 14.0. The Morgan fingerprint density at radius 1 is 1.10 bits per heavy atom. The number of carbonyl (C=O) groups excluding carboxylic acids is 1. The minimum absolute atomic E-state index is 0.125. The lowest BCUT2D eigenvalue weighted by molar-refractivity contribution is -0.116. The first-order chi connectivity index (χ1) is 10.1. The van der Waals surface area contributed by atoms with Gasteiger partial charge in [-0.25, -0.2) is 4.39 Å². The number of thiocarbonyl (C=S) groups is 1. The highest BCUT2D eigenvalue weighted by Crippen LogP contribution is 2.32. The summed E-state index contributed by atoms with van der Waals surface area (Å²) in [4.78, 5) is 14.0. The molecule has 21 heavy (non-hydrogen) atoms. The summed E-state index contributed by atoms with van der Waals surface area (Å²) in [5.74, 6) is -0.437. The summed E-state index contributed by atoms with van der Waals surface area (Å²) >= 11 is 6.56. The Balaban J connectivity index is 1.79. The molecule has 1 amide bonds. The maximum atomic E-state index is 12.9. The topological polar surface area (TPSA) is 32.3 Å². The summed E-state index contributed by atoms with van der Waals surface area (Å²) in [7, 11) is 0. The van der Waals surface area contributed by atoms with Gasteiger partial charge in [-0.1, -0.05) is 42.2 Å². The van der Waals surface area contributed by atoms with E-state index in [0.29, 0.717) is 10.0 Å². The molecule has 1 aliphatic rings.